The minimum absolute atomic E-state index is 0.0580. The molecule has 0 aromatic heterocycles. The molecule has 0 amide bonds. The minimum Gasteiger partial charge on any atom is -0.503 e. The third-order valence-corrected chi connectivity index (χ3v) is 5.76. The Morgan fingerprint density at radius 3 is 2.17 bits per heavy atom. The first-order chi connectivity index (χ1) is 14.4. The van der Waals surface area contributed by atoms with Crippen molar-refractivity contribution in [3.63, 3.8) is 0 Å². The standard InChI is InChI=1S/C22H26ClNO6/c1-4-30-18-10-13(9-17(23)20(18)25)19-15(21(26)28-2)11-24(14-7-5-6-8-14)12-16(19)22(27)29-3/h9-12,14,19,25H,4-8H2,1-3H3. The molecule has 1 aliphatic carbocycles. The molecule has 2 aliphatic rings. The molecule has 1 aromatic carbocycles. The van der Waals surface area contributed by atoms with Crippen LogP contribution in [0.3, 0.4) is 0 Å². The van der Waals surface area contributed by atoms with E-state index in [0.717, 1.165) is 25.7 Å². The van der Waals surface area contributed by atoms with Gasteiger partial charge in [-0.2, -0.15) is 0 Å². The van der Waals surface area contributed by atoms with Crippen LogP contribution in [0.5, 0.6) is 11.5 Å². The topological polar surface area (TPSA) is 85.3 Å². The van der Waals surface area contributed by atoms with Crippen molar-refractivity contribution in [2.75, 3.05) is 20.8 Å². The van der Waals surface area contributed by atoms with Gasteiger partial charge in [-0.3, -0.25) is 0 Å². The quantitative estimate of drug-likeness (QED) is 0.678. The largest absolute Gasteiger partial charge is 0.503 e. The summed E-state index contributed by atoms with van der Waals surface area (Å²) < 4.78 is 15.5. The van der Waals surface area contributed by atoms with Crippen LogP contribution in [-0.2, 0) is 19.1 Å². The number of hydrogen-bond acceptors (Lipinski definition) is 7. The first kappa shape index (κ1) is 22.0. The molecule has 0 bridgehead atoms. The molecule has 30 heavy (non-hydrogen) atoms. The first-order valence-electron chi connectivity index (χ1n) is 9.93. The number of ether oxygens (including phenoxy) is 3. The molecule has 0 saturated heterocycles. The Hall–Kier alpha value is -2.67. The van der Waals surface area contributed by atoms with E-state index in [9.17, 15) is 14.7 Å². The Morgan fingerprint density at radius 1 is 1.10 bits per heavy atom. The van der Waals surface area contributed by atoms with Crippen molar-refractivity contribution >= 4 is 23.5 Å². The fourth-order valence-corrected chi connectivity index (χ4v) is 4.27. The van der Waals surface area contributed by atoms with Gasteiger partial charge in [0, 0.05) is 18.4 Å². The molecule has 7 nitrogen and oxygen atoms in total. The molecule has 0 atom stereocenters. The van der Waals surface area contributed by atoms with E-state index in [1.165, 1.54) is 20.3 Å². The minimum atomic E-state index is -0.778. The average Bonchev–Trinajstić information content (AvgIpc) is 3.29. The van der Waals surface area contributed by atoms with Gasteiger partial charge in [-0.15, -0.1) is 0 Å². The molecule has 8 heteroatoms. The fourth-order valence-electron chi connectivity index (χ4n) is 4.05. The normalized spacial score (nSPS) is 17.4. The molecule has 0 spiro atoms. The molecule has 1 heterocycles. The van der Waals surface area contributed by atoms with Crippen LogP contribution in [0.4, 0.5) is 0 Å². The zero-order valence-electron chi connectivity index (χ0n) is 17.3. The van der Waals surface area contributed by atoms with Crippen LogP contribution in [0.15, 0.2) is 35.7 Å². The Labute approximate surface area is 180 Å². The molecule has 3 rings (SSSR count). The SMILES string of the molecule is CCOc1cc(C2C(C(=O)OC)=CN(C3CCCC3)C=C2C(=O)OC)cc(Cl)c1O. The monoisotopic (exact) mass is 435 g/mol. The average molecular weight is 436 g/mol. The predicted octanol–water partition coefficient (Wildman–Crippen LogP) is 3.90. The lowest BCUT2D eigenvalue weighted by molar-refractivity contribution is -0.137. The second-order valence-corrected chi connectivity index (χ2v) is 7.66. The highest BCUT2D eigenvalue weighted by Gasteiger charge is 2.37. The van der Waals surface area contributed by atoms with E-state index in [4.69, 9.17) is 25.8 Å². The number of phenolic OH excluding ortho intramolecular Hbond substituents is 1. The maximum Gasteiger partial charge on any atom is 0.336 e. The van der Waals surface area contributed by atoms with Crippen molar-refractivity contribution in [1.29, 1.82) is 0 Å². The van der Waals surface area contributed by atoms with E-state index in [-0.39, 0.29) is 33.7 Å². The number of carbonyl (C=O) groups is 2. The van der Waals surface area contributed by atoms with Crippen molar-refractivity contribution in [3.8, 4) is 11.5 Å². The molecule has 162 valence electrons. The Kier molecular flexibility index (Phi) is 6.92. The van der Waals surface area contributed by atoms with Crippen LogP contribution in [-0.4, -0.2) is 48.8 Å². The first-order valence-corrected chi connectivity index (χ1v) is 10.3. The maximum atomic E-state index is 12.7. The summed E-state index contributed by atoms with van der Waals surface area (Å²) >= 11 is 6.22. The molecule has 1 fully saturated rings. The number of carbonyl (C=O) groups excluding carboxylic acids is 2. The number of aromatic hydroxyl groups is 1. The highest BCUT2D eigenvalue weighted by atomic mass is 35.5. The maximum absolute atomic E-state index is 12.7. The number of halogens is 1. The van der Waals surface area contributed by atoms with Gasteiger partial charge in [-0.05, 0) is 37.5 Å². The van der Waals surface area contributed by atoms with Gasteiger partial charge in [-0.1, -0.05) is 24.4 Å². The summed E-state index contributed by atoms with van der Waals surface area (Å²) in [6.07, 6.45) is 7.61. The second kappa shape index (κ2) is 9.43. The smallest absolute Gasteiger partial charge is 0.336 e. The Morgan fingerprint density at radius 2 is 1.67 bits per heavy atom. The number of hydrogen-bond donors (Lipinski definition) is 1. The van der Waals surface area contributed by atoms with Gasteiger partial charge >= 0.3 is 11.9 Å². The highest BCUT2D eigenvalue weighted by Crippen LogP contribution is 2.44. The van der Waals surface area contributed by atoms with Crippen molar-refractivity contribution in [2.24, 2.45) is 0 Å². The van der Waals surface area contributed by atoms with Crippen LogP contribution in [0, 0.1) is 0 Å². The van der Waals surface area contributed by atoms with Crippen molar-refractivity contribution in [2.45, 2.75) is 44.6 Å². The van der Waals surface area contributed by atoms with E-state index < -0.39 is 17.9 Å². The number of benzene rings is 1. The van der Waals surface area contributed by atoms with E-state index in [1.54, 1.807) is 25.4 Å². The lowest BCUT2D eigenvalue weighted by Gasteiger charge is -2.33. The van der Waals surface area contributed by atoms with Crippen molar-refractivity contribution in [3.05, 3.63) is 46.3 Å². The van der Waals surface area contributed by atoms with Crippen LogP contribution < -0.4 is 4.74 Å². The summed E-state index contributed by atoms with van der Waals surface area (Å²) in [7, 11) is 2.59. The van der Waals surface area contributed by atoms with Gasteiger partial charge in [-0.25, -0.2) is 9.59 Å². The molecule has 0 unspecified atom stereocenters. The molecular formula is C22H26ClNO6. The Bertz CT molecular complexity index is 854. The summed E-state index contributed by atoms with van der Waals surface area (Å²) in [6.45, 7) is 2.09. The summed E-state index contributed by atoms with van der Waals surface area (Å²) in [6, 6.07) is 3.30. The highest BCUT2D eigenvalue weighted by molar-refractivity contribution is 6.32. The lowest BCUT2D eigenvalue weighted by Crippen LogP contribution is -2.33. The van der Waals surface area contributed by atoms with Gasteiger partial charge in [0.1, 0.15) is 0 Å². The van der Waals surface area contributed by atoms with E-state index in [1.807, 2.05) is 4.90 Å². The van der Waals surface area contributed by atoms with Gasteiger partial charge in [0.05, 0.1) is 42.9 Å². The number of rotatable bonds is 6. The number of methoxy groups -OCH3 is 2. The van der Waals surface area contributed by atoms with Crippen molar-refractivity contribution in [1.82, 2.24) is 4.90 Å². The number of nitrogens with zero attached hydrogens (tertiary/aromatic N) is 1. The summed E-state index contributed by atoms with van der Waals surface area (Å²) in [5.74, 6) is -1.91. The fraction of sp³-hybridized carbons (Fsp3) is 0.455. The zero-order chi connectivity index (χ0) is 21.8. The molecule has 1 aromatic rings. The van der Waals surface area contributed by atoms with Gasteiger partial charge in [0.2, 0.25) is 0 Å². The third-order valence-electron chi connectivity index (χ3n) is 5.47. The van der Waals surface area contributed by atoms with Gasteiger partial charge < -0.3 is 24.2 Å². The molecule has 0 radical (unpaired) electrons. The number of phenols is 1. The molecule has 1 aliphatic heterocycles. The van der Waals surface area contributed by atoms with Gasteiger partial charge in [0.25, 0.3) is 0 Å². The third kappa shape index (κ3) is 4.26. The van der Waals surface area contributed by atoms with E-state index in [0.29, 0.717) is 12.2 Å². The summed E-state index contributed by atoms with van der Waals surface area (Å²) in [5, 5.41) is 10.3. The van der Waals surface area contributed by atoms with Crippen LogP contribution in [0.2, 0.25) is 5.02 Å². The van der Waals surface area contributed by atoms with Crippen LogP contribution in [0.25, 0.3) is 0 Å². The predicted molar refractivity (Wildman–Crippen MR) is 111 cm³/mol. The molecule has 1 N–H and O–H groups in total. The summed E-state index contributed by atoms with van der Waals surface area (Å²) in [4.78, 5) is 27.3. The molecule has 1 saturated carbocycles. The van der Waals surface area contributed by atoms with E-state index >= 15 is 0 Å². The zero-order valence-corrected chi connectivity index (χ0v) is 18.1. The van der Waals surface area contributed by atoms with E-state index in [2.05, 4.69) is 0 Å². The van der Waals surface area contributed by atoms with Crippen molar-refractivity contribution < 1.29 is 28.9 Å². The lowest BCUT2D eigenvalue weighted by atomic mass is 9.83. The second-order valence-electron chi connectivity index (χ2n) is 7.25. The van der Waals surface area contributed by atoms with Crippen LogP contribution in [0.1, 0.15) is 44.1 Å². The number of esters is 2. The Balaban J connectivity index is 2.16. The summed E-state index contributed by atoms with van der Waals surface area (Å²) in [5.41, 5.74) is 1.09. The molecular weight excluding hydrogens is 410 g/mol. The van der Waals surface area contributed by atoms with Crippen LogP contribution >= 0.6 is 11.6 Å². The van der Waals surface area contributed by atoms with Gasteiger partial charge in [0.15, 0.2) is 11.5 Å².